The molecule has 114 valence electrons. The largest absolute Gasteiger partial charge is 0.398 e. The molecule has 4 N–H and O–H groups in total. The smallest absolute Gasteiger partial charge is 0.0954 e. The highest BCUT2D eigenvalue weighted by molar-refractivity contribution is 9.10. The van der Waals surface area contributed by atoms with E-state index in [4.69, 9.17) is 10.8 Å². The second-order valence-corrected chi connectivity index (χ2v) is 7.01. The number of benzene rings is 1. The summed E-state index contributed by atoms with van der Waals surface area (Å²) in [7, 11) is 0. The van der Waals surface area contributed by atoms with Crippen LogP contribution >= 0.6 is 15.9 Å². The van der Waals surface area contributed by atoms with Gasteiger partial charge in [-0.1, -0.05) is 13.8 Å². The van der Waals surface area contributed by atoms with E-state index in [-0.39, 0.29) is 12.0 Å². The number of aromatic nitrogens is 1. The van der Waals surface area contributed by atoms with Gasteiger partial charge in [-0.25, -0.2) is 0 Å². The van der Waals surface area contributed by atoms with Crippen molar-refractivity contribution in [3.63, 3.8) is 0 Å². The molecule has 0 aliphatic carbocycles. The van der Waals surface area contributed by atoms with Crippen LogP contribution < -0.4 is 11.1 Å². The van der Waals surface area contributed by atoms with Crippen molar-refractivity contribution in [3.8, 4) is 0 Å². The van der Waals surface area contributed by atoms with Gasteiger partial charge in [-0.15, -0.1) is 0 Å². The quantitative estimate of drug-likeness (QED) is 0.692. The molecule has 21 heavy (non-hydrogen) atoms. The average molecular weight is 352 g/mol. The zero-order valence-corrected chi connectivity index (χ0v) is 14.1. The third-order valence-corrected chi connectivity index (χ3v) is 4.05. The minimum atomic E-state index is 0.117. The van der Waals surface area contributed by atoms with Gasteiger partial charge in [0.25, 0.3) is 0 Å². The van der Waals surface area contributed by atoms with Crippen LogP contribution in [0.2, 0.25) is 0 Å². The molecule has 0 radical (unpaired) electrons. The lowest BCUT2D eigenvalue weighted by Crippen LogP contribution is -2.23. The predicted molar refractivity (Wildman–Crippen MR) is 92.4 cm³/mol. The van der Waals surface area contributed by atoms with E-state index >= 15 is 0 Å². The molecule has 0 spiro atoms. The number of hydrogen-bond acceptors (Lipinski definition) is 4. The molecule has 0 amide bonds. The average Bonchev–Trinajstić information content (AvgIpc) is 2.45. The van der Waals surface area contributed by atoms with Gasteiger partial charge in [0.15, 0.2) is 0 Å². The van der Waals surface area contributed by atoms with Crippen LogP contribution in [0.1, 0.15) is 26.7 Å². The molecule has 0 bridgehead atoms. The molecule has 2 aromatic rings. The molecule has 4 nitrogen and oxygen atoms in total. The number of nitrogens with two attached hydrogens (primary N) is 1. The fourth-order valence-electron chi connectivity index (χ4n) is 2.34. The van der Waals surface area contributed by atoms with Crippen LogP contribution in [0.25, 0.3) is 10.9 Å². The highest BCUT2D eigenvalue weighted by Gasteiger charge is 2.17. The molecule has 2 rings (SSSR count). The third kappa shape index (κ3) is 4.08. The van der Waals surface area contributed by atoms with Crippen LogP contribution in [0.4, 0.5) is 11.4 Å². The first-order valence-corrected chi connectivity index (χ1v) is 7.91. The molecule has 5 heteroatoms. The van der Waals surface area contributed by atoms with Gasteiger partial charge in [-0.3, -0.25) is 4.98 Å². The molecule has 0 saturated heterocycles. The van der Waals surface area contributed by atoms with Crippen molar-refractivity contribution in [1.29, 1.82) is 0 Å². The molecule has 1 aromatic carbocycles. The maximum Gasteiger partial charge on any atom is 0.0954 e. The fourth-order valence-corrected chi connectivity index (χ4v) is 2.67. The molecule has 0 fully saturated rings. The van der Waals surface area contributed by atoms with E-state index in [9.17, 15) is 0 Å². The molecule has 0 atom stereocenters. The zero-order valence-electron chi connectivity index (χ0n) is 12.5. The Balaban J connectivity index is 2.21. The van der Waals surface area contributed by atoms with Gasteiger partial charge in [-0.05, 0) is 52.4 Å². The summed E-state index contributed by atoms with van der Waals surface area (Å²) in [5.74, 6) is 0. The van der Waals surface area contributed by atoms with Crippen LogP contribution in [0, 0.1) is 5.41 Å². The number of nitrogen functional groups attached to an aromatic ring is 1. The lowest BCUT2D eigenvalue weighted by molar-refractivity contribution is 0.248. The second kappa shape index (κ2) is 6.62. The molecule has 0 aliphatic heterocycles. The molecule has 0 unspecified atom stereocenters. The van der Waals surface area contributed by atoms with Crippen molar-refractivity contribution in [2.75, 3.05) is 24.2 Å². The Morgan fingerprint density at radius 3 is 2.86 bits per heavy atom. The van der Waals surface area contributed by atoms with Crippen LogP contribution in [-0.2, 0) is 0 Å². The van der Waals surface area contributed by atoms with Crippen molar-refractivity contribution in [2.24, 2.45) is 5.41 Å². The predicted octanol–water partition coefficient (Wildman–Crippen LogP) is 3.79. The maximum atomic E-state index is 8.96. The standard InChI is InChI=1S/C16H22BrN3O/c1-16(2,6-3-7-21)10-20-14-5-4-13(18)12-8-11(17)9-19-15(12)14/h4-5,8-9,20-21H,3,6-7,10,18H2,1-2H3. The van der Waals surface area contributed by atoms with Crippen molar-refractivity contribution in [1.82, 2.24) is 4.98 Å². The first-order valence-electron chi connectivity index (χ1n) is 7.11. The summed E-state index contributed by atoms with van der Waals surface area (Å²) in [6, 6.07) is 5.86. The van der Waals surface area contributed by atoms with Gasteiger partial charge >= 0.3 is 0 Å². The third-order valence-electron chi connectivity index (χ3n) is 3.62. The topological polar surface area (TPSA) is 71.2 Å². The first-order chi connectivity index (χ1) is 9.93. The summed E-state index contributed by atoms with van der Waals surface area (Å²) >= 11 is 3.43. The number of rotatable bonds is 6. The Kier molecular flexibility index (Phi) is 5.06. The second-order valence-electron chi connectivity index (χ2n) is 6.10. The molecule has 1 aromatic heterocycles. The number of aliphatic hydroxyl groups excluding tert-OH is 1. The van der Waals surface area contributed by atoms with E-state index in [0.717, 1.165) is 46.1 Å². The van der Waals surface area contributed by atoms with E-state index < -0.39 is 0 Å². The number of nitrogens with zero attached hydrogens (tertiary/aromatic N) is 1. The van der Waals surface area contributed by atoms with Crippen LogP contribution in [0.15, 0.2) is 28.9 Å². The molecule has 1 heterocycles. The van der Waals surface area contributed by atoms with Gasteiger partial charge in [0, 0.05) is 34.9 Å². The van der Waals surface area contributed by atoms with E-state index in [0.29, 0.717) is 0 Å². The van der Waals surface area contributed by atoms with E-state index in [1.54, 1.807) is 6.20 Å². The van der Waals surface area contributed by atoms with Crippen molar-refractivity contribution < 1.29 is 5.11 Å². The summed E-state index contributed by atoms with van der Waals surface area (Å²) in [6.07, 6.45) is 3.58. The minimum absolute atomic E-state index is 0.117. The Labute approximate surface area is 133 Å². The van der Waals surface area contributed by atoms with Gasteiger partial charge in [0.05, 0.1) is 11.2 Å². The monoisotopic (exact) mass is 351 g/mol. The number of fused-ring (bicyclic) bond motifs is 1. The van der Waals surface area contributed by atoms with Crippen molar-refractivity contribution in [3.05, 3.63) is 28.9 Å². The van der Waals surface area contributed by atoms with Crippen LogP contribution in [-0.4, -0.2) is 23.2 Å². The van der Waals surface area contributed by atoms with Gasteiger partial charge in [0.2, 0.25) is 0 Å². The summed E-state index contributed by atoms with van der Waals surface area (Å²) in [4.78, 5) is 4.47. The molecular formula is C16H22BrN3O. The summed E-state index contributed by atoms with van der Waals surface area (Å²) in [5.41, 5.74) is 8.74. The highest BCUT2D eigenvalue weighted by Crippen LogP contribution is 2.30. The molecular weight excluding hydrogens is 330 g/mol. The summed E-state index contributed by atoms with van der Waals surface area (Å²) in [6.45, 7) is 5.45. The number of pyridine rings is 1. The summed E-state index contributed by atoms with van der Waals surface area (Å²) in [5, 5.41) is 13.4. The van der Waals surface area contributed by atoms with Gasteiger partial charge in [-0.2, -0.15) is 0 Å². The van der Waals surface area contributed by atoms with Gasteiger partial charge < -0.3 is 16.2 Å². The highest BCUT2D eigenvalue weighted by atomic mass is 79.9. The maximum absolute atomic E-state index is 8.96. The number of halogens is 1. The number of hydrogen-bond donors (Lipinski definition) is 3. The zero-order chi connectivity index (χ0) is 15.5. The summed E-state index contributed by atoms with van der Waals surface area (Å²) < 4.78 is 0.919. The van der Waals surface area contributed by atoms with E-state index in [1.165, 1.54) is 0 Å². The van der Waals surface area contributed by atoms with E-state index in [1.807, 2.05) is 18.2 Å². The first kappa shape index (κ1) is 16.0. The normalized spacial score (nSPS) is 11.8. The van der Waals surface area contributed by atoms with E-state index in [2.05, 4.69) is 40.1 Å². The fraction of sp³-hybridized carbons (Fsp3) is 0.438. The number of aliphatic hydroxyl groups is 1. The lowest BCUT2D eigenvalue weighted by Gasteiger charge is -2.25. The minimum Gasteiger partial charge on any atom is -0.398 e. The number of anilines is 2. The Morgan fingerprint density at radius 1 is 1.38 bits per heavy atom. The number of nitrogens with one attached hydrogen (secondary N) is 1. The Hall–Kier alpha value is -1.33. The van der Waals surface area contributed by atoms with Gasteiger partial charge in [0.1, 0.15) is 0 Å². The molecule has 0 aliphatic rings. The Bertz CT molecular complexity index is 628. The Morgan fingerprint density at radius 2 is 2.14 bits per heavy atom. The van der Waals surface area contributed by atoms with Crippen LogP contribution in [0.5, 0.6) is 0 Å². The SMILES string of the molecule is CC(C)(CCCO)CNc1ccc(N)c2cc(Br)cnc12. The van der Waals surface area contributed by atoms with Crippen LogP contribution in [0.3, 0.4) is 0 Å². The molecule has 0 saturated carbocycles. The van der Waals surface area contributed by atoms with Crippen molar-refractivity contribution >= 4 is 38.2 Å². The lowest BCUT2D eigenvalue weighted by atomic mass is 9.88. The van der Waals surface area contributed by atoms with Crippen molar-refractivity contribution in [2.45, 2.75) is 26.7 Å².